The topological polar surface area (TPSA) is 96.8 Å². The molecule has 0 fully saturated rings. The molecular formula is C7H4ClF2N3O2S. The van der Waals surface area contributed by atoms with E-state index in [0.29, 0.717) is 6.07 Å². The Morgan fingerprint density at radius 3 is 2.50 bits per heavy atom. The van der Waals surface area contributed by atoms with Gasteiger partial charge in [0, 0.05) is 0 Å². The minimum Gasteiger partial charge on any atom is -0.225 e. The van der Waals surface area contributed by atoms with E-state index in [2.05, 4.69) is 4.98 Å². The summed E-state index contributed by atoms with van der Waals surface area (Å²) in [5.74, 6) is 0. The normalized spacial score (nSPS) is 11.5. The molecule has 0 aromatic carbocycles. The molecule has 16 heavy (non-hydrogen) atoms. The summed E-state index contributed by atoms with van der Waals surface area (Å²) in [7, 11) is -4.25. The van der Waals surface area contributed by atoms with E-state index >= 15 is 0 Å². The summed E-state index contributed by atoms with van der Waals surface area (Å²) in [6.45, 7) is 0. The van der Waals surface area contributed by atoms with Crippen LogP contribution >= 0.6 is 11.6 Å². The van der Waals surface area contributed by atoms with Gasteiger partial charge in [-0.25, -0.2) is 27.3 Å². The minimum atomic E-state index is -4.25. The number of nitrogens with zero attached hydrogens (tertiary/aromatic N) is 2. The van der Waals surface area contributed by atoms with Gasteiger partial charge in [0.25, 0.3) is 6.43 Å². The van der Waals surface area contributed by atoms with E-state index in [0.717, 1.165) is 0 Å². The van der Waals surface area contributed by atoms with Gasteiger partial charge in [-0.05, 0) is 6.07 Å². The Morgan fingerprint density at radius 2 is 2.12 bits per heavy atom. The molecule has 1 aromatic heterocycles. The van der Waals surface area contributed by atoms with Crippen LogP contribution in [0.25, 0.3) is 0 Å². The van der Waals surface area contributed by atoms with Crippen molar-refractivity contribution in [2.75, 3.05) is 0 Å². The molecule has 9 heteroatoms. The Labute approximate surface area is 94.5 Å². The maximum absolute atomic E-state index is 12.4. The van der Waals surface area contributed by atoms with Crippen LogP contribution in [0.5, 0.6) is 0 Å². The zero-order valence-corrected chi connectivity index (χ0v) is 9.06. The maximum atomic E-state index is 12.4. The summed E-state index contributed by atoms with van der Waals surface area (Å²) in [6, 6.07) is 1.93. The van der Waals surface area contributed by atoms with Crippen molar-refractivity contribution in [2.24, 2.45) is 5.14 Å². The molecule has 0 saturated carbocycles. The highest BCUT2D eigenvalue weighted by Gasteiger charge is 2.22. The molecule has 86 valence electrons. The van der Waals surface area contributed by atoms with E-state index in [1.54, 1.807) is 0 Å². The van der Waals surface area contributed by atoms with Crippen molar-refractivity contribution >= 4 is 21.6 Å². The van der Waals surface area contributed by atoms with Crippen LogP contribution < -0.4 is 5.14 Å². The molecule has 1 rings (SSSR count). The Hall–Kier alpha value is -1.30. The summed E-state index contributed by atoms with van der Waals surface area (Å²) in [5, 5.41) is 12.6. The van der Waals surface area contributed by atoms with Crippen LogP contribution in [0.3, 0.4) is 0 Å². The summed E-state index contributed by atoms with van der Waals surface area (Å²) in [5.41, 5.74) is -1.46. The molecule has 5 nitrogen and oxygen atoms in total. The van der Waals surface area contributed by atoms with Crippen molar-refractivity contribution in [1.29, 1.82) is 5.26 Å². The van der Waals surface area contributed by atoms with Crippen molar-refractivity contribution in [3.8, 4) is 6.07 Å². The molecule has 0 bridgehead atoms. The summed E-state index contributed by atoms with van der Waals surface area (Å²) in [6.07, 6.45) is -3.04. The number of pyridine rings is 1. The number of hydrogen-bond donors (Lipinski definition) is 1. The Bertz CT molecular complexity index is 568. The fraction of sp³-hybridized carbons (Fsp3) is 0.143. The van der Waals surface area contributed by atoms with Crippen molar-refractivity contribution in [3.63, 3.8) is 0 Å². The van der Waals surface area contributed by atoms with Gasteiger partial charge in [0.05, 0.1) is 5.56 Å². The minimum absolute atomic E-state index is 0.549. The van der Waals surface area contributed by atoms with Gasteiger partial charge in [-0.1, -0.05) is 11.6 Å². The molecule has 0 aliphatic rings. The average molecular weight is 268 g/mol. The van der Waals surface area contributed by atoms with Gasteiger partial charge >= 0.3 is 0 Å². The van der Waals surface area contributed by atoms with E-state index in [1.165, 1.54) is 6.07 Å². The number of nitrogens with two attached hydrogens (primary N) is 1. The van der Waals surface area contributed by atoms with Crippen LogP contribution in [0.4, 0.5) is 8.78 Å². The predicted octanol–water partition coefficient (Wildman–Crippen LogP) is 1.19. The molecular weight excluding hydrogens is 264 g/mol. The van der Waals surface area contributed by atoms with Gasteiger partial charge in [0.2, 0.25) is 10.0 Å². The van der Waals surface area contributed by atoms with Crippen molar-refractivity contribution in [3.05, 3.63) is 22.5 Å². The van der Waals surface area contributed by atoms with E-state index in [4.69, 9.17) is 22.0 Å². The summed E-state index contributed by atoms with van der Waals surface area (Å²) in [4.78, 5) is 2.51. The Kier molecular flexibility index (Phi) is 3.42. The molecule has 1 aromatic rings. The third-order valence-electron chi connectivity index (χ3n) is 1.62. The van der Waals surface area contributed by atoms with Crippen molar-refractivity contribution < 1.29 is 17.2 Å². The number of halogens is 3. The Balaban J connectivity index is 3.60. The van der Waals surface area contributed by atoms with Crippen molar-refractivity contribution in [1.82, 2.24) is 4.98 Å². The highest BCUT2D eigenvalue weighted by molar-refractivity contribution is 7.89. The monoisotopic (exact) mass is 267 g/mol. The van der Waals surface area contributed by atoms with Crippen LogP contribution in [0.15, 0.2) is 11.0 Å². The number of aromatic nitrogens is 1. The summed E-state index contributed by atoms with van der Waals surface area (Å²) >= 11 is 5.40. The molecule has 2 N–H and O–H groups in total. The zero-order valence-electron chi connectivity index (χ0n) is 7.49. The lowest BCUT2D eigenvalue weighted by Crippen LogP contribution is -2.14. The van der Waals surface area contributed by atoms with Gasteiger partial charge in [-0.15, -0.1) is 0 Å². The van der Waals surface area contributed by atoms with E-state index < -0.39 is 37.8 Å². The molecule has 0 spiro atoms. The summed E-state index contributed by atoms with van der Waals surface area (Å²) < 4.78 is 46.8. The molecule has 0 saturated heterocycles. The van der Waals surface area contributed by atoms with Crippen LogP contribution in [-0.2, 0) is 10.0 Å². The van der Waals surface area contributed by atoms with Crippen LogP contribution in [0, 0.1) is 11.3 Å². The highest BCUT2D eigenvalue weighted by Crippen LogP contribution is 2.27. The number of rotatable bonds is 2. The SMILES string of the molecule is N#Cc1nc(Cl)c(S(N)(=O)=O)cc1C(F)F. The molecule has 0 atom stereocenters. The molecule has 0 radical (unpaired) electrons. The van der Waals surface area contributed by atoms with E-state index in [9.17, 15) is 17.2 Å². The van der Waals surface area contributed by atoms with Gasteiger partial charge in [0.15, 0.2) is 10.8 Å². The molecule has 0 amide bonds. The maximum Gasteiger partial charge on any atom is 0.266 e. The lowest BCUT2D eigenvalue weighted by atomic mass is 10.2. The lowest BCUT2D eigenvalue weighted by Gasteiger charge is -2.06. The van der Waals surface area contributed by atoms with E-state index in [-0.39, 0.29) is 0 Å². The first-order valence-corrected chi connectivity index (χ1v) is 5.61. The number of sulfonamides is 1. The second-order valence-electron chi connectivity index (χ2n) is 2.67. The second kappa shape index (κ2) is 4.29. The Morgan fingerprint density at radius 1 is 1.56 bits per heavy atom. The number of alkyl halides is 2. The first kappa shape index (κ1) is 12.8. The third kappa shape index (κ3) is 2.44. The molecule has 1 heterocycles. The van der Waals surface area contributed by atoms with Gasteiger partial charge < -0.3 is 0 Å². The molecule has 0 unspecified atom stereocenters. The first-order valence-electron chi connectivity index (χ1n) is 3.69. The standard InChI is InChI=1S/C7H4ClF2N3O2S/c8-6-5(16(12,14)15)1-3(7(9)10)4(2-11)13-6/h1,7H,(H2,12,14,15). The van der Waals surface area contributed by atoms with E-state index in [1.807, 2.05) is 0 Å². The predicted molar refractivity (Wildman–Crippen MR) is 50.3 cm³/mol. The van der Waals surface area contributed by atoms with Crippen LogP contribution in [-0.4, -0.2) is 13.4 Å². The van der Waals surface area contributed by atoms with Crippen LogP contribution in [0.2, 0.25) is 5.15 Å². The first-order chi connectivity index (χ1) is 7.27. The largest absolute Gasteiger partial charge is 0.266 e. The van der Waals surface area contributed by atoms with Crippen molar-refractivity contribution in [2.45, 2.75) is 11.3 Å². The zero-order chi connectivity index (χ0) is 12.5. The lowest BCUT2D eigenvalue weighted by molar-refractivity contribution is 0.150. The van der Waals surface area contributed by atoms with Gasteiger partial charge in [-0.3, -0.25) is 0 Å². The fourth-order valence-electron chi connectivity index (χ4n) is 0.942. The number of hydrogen-bond acceptors (Lipinski definition) is 4. The molecule has 0 aliphatic carbocycles. The van der Waals surface area contributed by atoms with Gasteiger partial charge in [-0.2, -0.15) is 5.26 Å². The smallest absolute Gasteiger partial charge is 0.225 e. The quantitative estimate of drug-likeness (QED) is 0.814. The molecule has 0 aliphatic heterocycles. The van der Waals surface area contributed by atoms with Gasteiger partial charge in [0.1, 0.15) is 11.0 Å². The second-order valence-corrected chi connectivity index (χ2v) is 4.56. The number of primary sulfonamides is 1. The number of nitriles is 1. The fourth-order valence-corrected chi connectivity index (χ4v) is 1.98. The van der Waals surface area contributed by atoms with Crippen LogP contribution in [0.1, 0.15) is 17.7 Å². The third-order valence-corrected chi connectivity index (χ3v) is 2.95. The highest BCUT2D eigenvalue weighted by atomic mass is 35.5. The average Bonchev–Trinajstić information content (AvgIpc) is 2.14.